The number of halogens is 1. The van der Waals surface area contributed by atoms with Crippen LogP contribution in [0.15, 0.2) is 43.0 Å². The van der Waals surface area contributed by atoms with Crippen molar-refractivity contribution in [3.63, 3.8) is 0 Å². The number of rotatable bonds is 2. The lowest BCUT2D eigenvalue weighted by atomic mass is 10.2. The van der Waals surface area contributed by atoms with E-state index in [4.69, 9.17) is 11.6 Å². The third-order valence-corrected chi connectivity index (χ3v) is 1.66. The highest BCUT2D eigenvalue weighted by Crippen LogP contribution is 2.15. The van der Waals surface area contributed by atoms with Crippen molar-refractivity contribution in [1.82, 2.24) is 0 Å². The first kappa shape index (κ1) is 8.09. The SMILES string of the molecule is C=CC=Cc1ccccc1Cl. The zero-order valence-electron chi connectivity index (χ0n) is 6.13. The topological polar surface area (TPSA) is 0 Å². The van der Waals surface area contributed by atoms with Crippen LogP contribution in [0.4, 0.5) is 0 Å². The Labute approximate surface area is 71.8 Å². The summed E-state index contributed by atoms with van der Waals surface area (Å²) >= 11 is 5.87. The van der Waals surface area contributed by atoms with Crippen molar-refractivity contribution >= 4 is 17.7 Å². The van der Waals surface area contributed by atoms with Gasteiger partial charge in [-0.25, -0.2) is 0 Å². The van der Waals surface area contributed by atoms with Crippen molar-refractivity contribution in [3.8, 4) is 0 Å². The molecule has 0 atom stereocenters. The van der Waals surface area contributed by atoms with Crippen molar-refractivity contribution in [3.05, 3.63) is 53.6 Å². The molecule has 0 heterocycles. The number of hydrogen-bond acceptors (Lipinski definition) is 0. The molecule has 11 heavy (non-hydrogen) atoms. The molecule has 56 valence electrons. The molecule has 0 radical (unpaired) electrons. The van der Waals surface area contributed by atoms with Gasteiger partial charge in [0.2, 0.25) is 0 Å². The molecule has 1 aromatic carbocycles. The molecule has 0 spiro atoms. The third-order valence-electron chi connectivity index (χ3n) is 1.32. The van der Waals surface area contributed by atoms with Gasteiger partial charge in [0.1, 0.15) is 0 Å². The maximum Gasteiger partial charge on any atom is 0.0478 e. The minimum atomic E-state index is 0.769. The van der Waals surface area contributed by atoms with E-state index in [0.29, 0.717) is 0 Å². The molecule has 1 heteroatoms. The quantitative estimate of drug-likeness (QED) is 0.587. The van der Waals surface area contributed by atoms with Gasteiger partial charge in [0.05, 0.1) is 0 Å². The average Bonchev–Trinajstić information content (AvgIpc) is 2.03. The summed E-state index contributed by atoms with van der Waals surface area (Å²) in [6, 6.07) is 7.69. The van der Waals surface area contributed by atoms with Gasteiger partial charge >= 0.3 is 0 Å². The normalized spacial score (nSPS) is 10.3. The minimum absolute atomic E-state index is 0.769. The van der Waals surface area contributed by atoms with Gasteiger partial charge in [-0.3, -0.25) is 0 Å². The Kier molecular flexibility index (Phi) is 2.94. The lowest BCUT2D eigenvalue weighted by molar-refractivity contribution is 1.66. The molecule has 0 aliphatic heterocycles. The summed E-state index contributed by atoms with van der Waals surface area (Å²) in [6.45, 7) is 3.58. The van der Waals surface area contributed by atoms with Gasteiger partial charge < -0.3 is 0 Å². The first-order valence-electron chi connectivity index (χ1n) is 3.38. The van der Waals surface area contributed by atoms with E-state index < -0.39 is 0 Å². The highest BCUT2D eigenvalue weighted by Gasteiger charge is 1.90. The third kappa shape index (κ3) is 2.24. The molecular formula is C10H9Cl. The molecule has 1 aromatic rings. The fraction of sp³-hybridized carbons (Fsp3) is 0. The van der Waals surface area contributed by atoms with Crippen LogP contribution in [0.2, 0.25) is 5.02 Å². The van der Waals surface area contributed by atoms with Crippen LogP contribution in [0, 0.1) is 0 Å². The van der Waals surface area contributed by atoms with E-state index in [-0.39, 0.29) is 0 Å². The van der Waals surface area contributed by atoms with E-state index in [1.165, 1.54) is 0 Å². The predicted octanol–water partition coefficient (Wildman–Crippen LogP) is 3.54. The van der Waals surface area contributed by atoms with Crippen LogP contribution in [0.25, 0.3) is 6.08 Å². The predicted molar refractivity (Wildman–Crippen MR) is 50.7 cm³/mol. The molecule has 1 rings (SSSR count). The summed E-state index contributed by atoms with van der Waals surface area (Å²) in [6.07, 6.45) is 5.51. The molecule has 0 aliphatic rings. The Morgan fingerprint density at radius 1 is 1.27 bits per heavy atom. The number of benzene rings is 1. The minimum Gasteiger partial charge on any atom is -0.0991 e. The Hall–Kier alpha value is -1.01. The Morgan fingerprint density at radius 3 is 2.64 bits per heavy atom. The highest BCUT2D eigenvalue weighted by molar-refractivity contribution is 6.32. The number of allylic oxidation sites excluding steroid dienone is 2. The van der Waals surface area contributed by atoms with Crippen LogP contribution < -0.4 is 0 Å². The van der Waals surface area contributed by atoms with Gasteiger partial charge in [-0.05, 0) is 11.6 Å². The van der Waals surface area contributed by atoms with Gasteiger partial charge in [-0.1, -0.05) is 54.6 Å². The summed E-state index contributed by atoms with van der Waals surface area (Å²) in [7, 11) is 0. The van der Waals surface area contributed by atoms with E-state index in [1.807, 2.05) is 36.4 Å². The zero-order chi connectivity index (χ0) is 8.10. The first-order valence-corrected chi connectivity index (χ1v) is 3.76. The average molecular weight is 165 g/mol. The fourth-order valence-electron chi connectivity index (χ4n) is 0.782. The molecule has 0 fully saturated rings. The molecule has 0 bridgehead atoms. The summed E-state index contributed by atoms with van der Waals surface area (Å²) in [5.41, 5.74) is 1.02. The van der Waals surface area contributed by atoms with Crippen molar-refractivity contribution < 1.29 is 0 Å². The van der Waals surface area contributed by atoms with Crippen LogP contribution in [0.1, 0.15) is 5.56 Å². The van der Waals surface area contributed by atoms with E-state index in [2.05, 4.69) is 6.58 Å². The maximum absolute atomic E-state index is 5.87. The molecule has 0 aromatic heterocycles. The van der Waals surface area contributed by atoms with Crippen molar-refractivity contribution in [2.24, 2.45) is 0 Å². The van der Waals surface area contributed by atoms with E-state index in [1.54, 1.807) is 6.08 Å². The van der Waals surface area contributed by atoms with E-state index in [9.17, 15) is 0 Å². The monoisotopic (exact) mass is 164 g/mol. The number of hydrogen-bond donors (Lipinski definition) is 0. The molecule has 0 amide bonds. The van der Waals surface area contributed by atoms with Gasteiger partial charge in [0, 0.05) is 5.02 Å². The lowest BCUT2D eigenvalue weighted by Gasteiger charge is -1.94. The summed E-state index contributed by atoms with van der Waals surface area (Å²) in [5.74, 6) is 0. The molecule has 0 saturated heterocycles. The second-order valence-electron chi connectivity index (χ2n) is 2.12. The standard InChI is InChI=1S/C10H9Cl/c1-2-3-6-9-7-4-5-8-10(9)11/h2-8H,1H2. The molecule has 0 aliphatic carbocycles. The lowest BCUT2D eigenvalue weighted by Crippen LogP contribution is -1.71. The maximum atomic E-state index is 5.87. The molecule has 0 N–H and O–H groups in total. The summed E-state index contributed by atoms with van der Waals surface area (Å²) < 4.78 is 0. The fourth-order valence-corrected chi connectivity index (χ4v) is 0.981. The van der Waals surface area contributed by atoms with Gasteiger partial charge in [-0.2, -0.15) is 0 Å². The van der Waals surface area contributed by atoms with E-state index >= 15 is 0 Å². The van der Waals surface area contributed by atoms with Gasteiger partial charge in [-0.15, -0.1) is 0 Å². The Balaban J connectivity index is 2.94. The van der Waals surface area contributed by atoms with Crippen LogP contribution in [-0.2, 0) is 0 Å². The van der Waals surface area contributed by atoms with Crippen molar-refractivity contribution in [2.45, 2.75) is 0 Å². The molecule has 0 nitrogen and oxygen atoms in total. The Morgan fingerprint density at radius 2 is 2.00 bits per heavy atom. The largest absolute Gasteiger partial charge is 0.0991 e. The van der Waals surface area contributed by atoms with Gasteiger partial charge in [0.25, 0.3) is 0 Å². The summed E-state index contributed by atoms with van der Waals surface area (Å²) in [5, 5.41) is 0.769. The first-order chi connectivity index (χ1) is 5.34. The summed E-state index contributed by atoms with van der Waals surface area (Å²) in [4.78, 5) is 0. The molecular weight excluding hydrogens is 156 g/mol. The van der Waals surface area contributed by atoms with Crippen LogP contribution in [-0.4, -0.2) is 0 Å². The zero-order valence-corrected chi connectivity index (χ0v) is 6.88. The smallest absolute Gasteiger partial charge is 0.0478 e. The Bertz CT molecular complexity index is 274. The van der Waals surface area contributed by atoms with E-state index in [0.717, 1.165) is 10.6 Å². The molecule has 0 unspecified atom stereocenters. The van der Waals surface area contributed by atoms with Gasteiger partial charge in [0.15, 0.2) is 0 Å². The second-order valence-corrected chi connectivity index (χ2v) is 2.52. The second kappa shape index (κ2) is 3.99. The van der Waals surface area contributed by atoms with Crippen LogP contribution >= 0.6 is 11.6 Å². The highest BCUT2D eigenvalue weighted by atomic mass is 35.5. The van der Waals surface area contributed by atoms with Crippen molar-refractivity contribution in [2.75, 3.05) is 0 Å². The van der Waals surface area contributed by atoms with Crippen LogP contribution in [0.5, 0.6) is 0 Å². The van der Waals surface area contributed by atoms with Crippen LogP contribution in [0.3, 0.4) is 0 Å². The van der Waals surface area contributed by atoms with Crippen molar-refractivity contribution in [1.29, 1.82) is 0 Å². The molecule has 0 saturated carbocycles.